The molecule has 1 aromatic carbocycles. The Morgan fingerprint density at radius 3 is 2.70 bits per heavy atom. The van der Waals surface area contributed by atoms with Crippen molar-refractivity contribution < 1.29 is 9.59 Å². The second-order valence-electron chi connectivity index (χ2n) is 7.67. The molecular formula is C21H30N4O2. The number of hydrogen-bond acceptors (Lipinski definition) is 3. The largest absolute Gasteiger partial charge is 0.361 e. The topological polar surface area (TPSA) is 77.2 Å². The van der Waals surface area contributed by atoms with E-state index in [2.05, 4.69) is 27.4 Å². The van der Waals surface area contributed by atoms with Gasteiger partial charge in [0, 0.05) is 43.5 Å². The van der Waals surface area contributed by atoms with Gasteiger partial charge in [-0.25, -0.2) is 0 Å². The van der Waals surface area contributed by atoms with Crippen molar-refractivity contribution in [2.45, 2.75) is 39.2 Å². The molecule has 2 unspecified atom stereocenters. The Hall–Kier alpha value is -2.34. The maximum Gasteiger partial charge on any atom is 0.242 e. The Bertz CT molecular complexity index is 779. The number of H-pyrrole nitrogens is 1. The Morgan fingerprint density at radius 1 is 1.22 bits per heavy atom. The first kappa shape index (κ1) is 19.4. The minimum absolute atomic E-state index is 0.122. The predicted molar refractivity (Wildman–Crippen MR) is 107 cm³/mol. The van der Waals surface area contributed by atoms with Gasteiger partial charge in [-0.3, -0.25) is 9.59 Å². The van der Waals surface area contributed by atoms with Crippen LogP contribution in [0.15, 0.2) is 30.5 Å². The zero-order valence-electron chi connectivity index (χ0n) is 16.3. The van der Waals surface area contributed by atoms with Crippen molar-refractivity contribution in [2.75, 3.05) is 26.2 Å². The van der Waals surface area contributed by atoms with E-state index < -0.39 is 6.04 Å². The highest BCUT2D eigenvalue weighted by Gasteiger charge is 2.22. The molecule has 1 aromatic heterocycles. The summed E-state index contributed by atoms with van der Waals surface area (Å²) in [7, 11) is 0. The molecule has 1 aliphatic heterocycles. The molecule has 0 bridgehead atoms. The van der Waals surface area contributed by atoms with Gasteiger partial charge in [0.1, 0.15) is 6.04 Å². The van der Waals surface area contributed by atoms with Crippen LogP contribution in [0, 0.1) is 5.92 Å². The zero-order chi connectivity index (χ0) is 19.2. The summed E-state index contributed by atoms with van der Waals surface area (Å²) in [5.41, 5.74) is 2.07. The number of amides is 2. The fourth-order valence-corrected chi connectivity index (χ4v) is 3.84. The number of likely N-dealkylation sites (tertiary alicyclic amines) is 1. The number of hydrogen-bond donors (Lipinski definition) is 3. The second kappa shape index (κ2) is 9.04. The molecule has 2 amide bonds. The van der Waals surface area contributed by atoms with Crippen LogP contribution < -0.4 is 10.6 Å². The van der Waals surface area contributed by atoms with Crippen LogP contribution in [0.25, 0.3) is 10.9 Å². The number of aromatic nitrogens is 1. The van der Waals surface area contributed by atoms with Gasteiger partial charge >= 0.3 is 0 Å². The highest BCUT2D eigenvalue weighted by molar-refractivity contribution is 5.89. The molecule has 1 saturated heterocycles. The van der Waals surface area contributed by atoms with E-state index in [9.17, 15) is 9.59 Å². The molecule has 0 spiro atoms. The fraction of sp³-hybridized carbons (Fsp3) is 0.524. The normalized spacial score (nSPS) is 17.0. The third-order valence-electron chi connectivity index (χ3n) is 5.19. The number of nitrogens with zero attached hydrogens (tertiary/aromatic N) is 1. The molecule has 3 rings (SSSR count). The van der Waals surface area contributed by atoms with Crippen LogP contribution in [-0.2, 0) is 16.0 Å². The third-order valence-corrected chi connectivity index (χ3v) is 5.19. The van der Waals surface area contributed by atoms with Crippen LogP contribution in [0.1, 0.15) is 32.3 Å². The number of nitrogens with one attached hydrogen (secondary N) is 3. The molecule has 3 N–H and O–H groups in total. The second-order valence-corrected chi connectivity index (χ2v) is 7.67. The molecule has 0 radical (unpaired) electrons. The lowest BCUT2D eigenvalue weighted by Crippen LogP contribution is -2.48. The van der Waals surface area contributed by atoms with Gasteiger partial charge in [-0.05, 0) is 43.5 Å². The molecule has 1 aliphatic rings. The SMILES string of the molecule is CC(=O)NC(Cc1c[nH]c2ccccc12)C(=O)NCC(C)CN1CCCC1. The summed E-state index contributed by atoms with van der Waals surface area (Å²) in [5.74, 6) is 0.0713. The number of benzene rings is 1. The van der Waals surface area contributed by atoms with Gasteiger partial charge < -0.3 is 20.5 Å². The average molecular weight is 370 g/mol. The van der Waals surface area contributed by atoms with E-state index in [4.69, 9.17) is 0 Å². The van der Waals surface area contributed by atoms with Gasteiger partial charge in [0.05, 0.1) is 0 Å². The molecule has 0 aliphatic carbocycles. The molecule has 6 nitrogen and oxygen atoms in total. The van der Waals surface area contributed by atoms with E-state index in [1.807, 2.05) is 30.5 Å². The highest BCUT2D eigenvalue weighted by atomic mass is 16.2. The molecule has 27 heavy (non-hydrogen) atoms. The summed E-state index contributed by atoms with van der Waals surface area (Å²) in [6, 6.07) is 7.42. The monoisotopic (exact) mass is 370 g/mol. The van der Waals surface area contributed by atoms with Gasteiger partial charge in [-0.15, -0.1) is 0 Å². The smallest absolute Gasteiger partial charge is 0.242 e. The Labute approximate surface area is 160 Å². The molecule has 0 saturated carbocycles. The molecule has 2 atom stereocenters. The Kier molecular flexibility index (Phi) is 6.50. The summed E-state index contributed by atoms with van der Waals surface area (Å²) < 4.78 is 0. The molecule has 1 fully saturated rings. The Morgan fingerprint density at radius 2 is 1.96 bits per heavy atom. The van der Waals surface area contributed by atoms with E-state index in [1.165, 1.54) is 19.8 Å². The van der Waals surface area contributed by atoms with Crippen LogP contribution in [0.4, 0.5) is 0 Å². The minimum atomic E-state index is -0.569. The maximum atomic E-state index is 12.7. The fourth-order valence-electron chi connectivity index (χ4n) is 3.84. The molecule has 2 heterocycles. The molecule has 146 valence electrons. The van der Waals surface area contributed by atoms with Crippen molar-refractivity contribution in [3.63, 3.8) is 0 Å². The number of rotatable bonds is 8. The lowest BCUT2D eigenvalue weighted by molar-refractivity contribution is -0.128. The van der Waals surface area contributed by atoms with Crippen LogP contribution in [0.3, 0.4) is 0 Å². The maximum absolute atomic E-state index is 12.7. The number of para-hydroxylation sites is 1. The Balaban J connectivity index is 1.59. The van der Waals surface area contributed by atoms with E-state index in [0.29, 0.717) is 18.9 Å². The van der Waals surface area contributed by atoms with Crippen molar-refractivity contribution in [3.8, 4) is 0 Å². The van der Waals surface area contributed by atoms with Crippen LogP contribution >= 0.6 is 0 Å². The molecule has 2 aromatic rings. The molecular weight excluding hydrogens is 340 g/mol. The number of carbonyl (C=O) groups excluding carboxylic acids is 2. The van der Waals surface area contributed by atoms with Gasteiger partial charge in [0.15, 0.2) is 0 Å². The number of aromatic amines is 1. The first-order valence-electron chi connectivity index (χ1n) is 9.85. The van der Waals surface area contributed by atoms with Crippen LogP contribution in [0.2, 0.25) is 0 Å². The van der Waals surface area contributed by atoms with Crippen LogP contribution in [-0.4, -0.2) is 53.9 Å². The molecule has 6 heteroatoms. The standard InChI is InChI=1S/C21H30N4O2/c1-15(14-25-9-5-6-10-25)12-23-21(27)20(24-16(2)26)11-17-13-22-19-8-4-3-7-18(17)19/h3-4,7-8,13,15,20,22H,5-6,9-12,14H2,1-2H3,(H,23,27)(H,24,26). The quantitative estimate of drug-likeness (QED) is 0.666. The number of fused-ring (bicyclic) bond motifs is 1. The summed E-state index contributed by atoms with van der Waals surface area (Å²) in [6.45, 7) is 7.56. The number of carbonyl (C=O) groups is 2. The summed E-state index contributed by atoms with van der Waals surface area (Å²) in [4.78, 5) is 30.0. The summed E-state index contributed by atoms with van der Waals surface area (Å²) in [6.07, 6.45) is 4.93. The van der Waals surface area contributed by atoms with Gasteiger partial charge in [0.25, 0.3) is 0 Å². The van der Waals surface area contributed by atoms with Crippen molar-refractivity contribution >= 4 is 22.7 Å². The summed E-state index contributed by atoms with van der Waals surface area (Å²) in [5, 5.41) is 6.92. The van der Waals surface area contributed by atoms with E-state index in [1.54, 1.807) is 0 Å². The zero-order valence-corrected chi connectivity index (χ0v) is 16.3. The van der Waals surface area contributed by atoms with Crippen LogP contribution in [0.5, 0.6) is 0 Å². The van der Waals surface area contributed by atoms with E-state index in [-0.39, 0.29) is 11.8 Å². The van der Waals surface area contributed by atoms with E-state index in [0.717, 1.165) is 36.1 Å². The van der Waals surface area contributed by atoms with Crippen molar-refractivity contribution in [1.29, 1.82) is 0 Å². The lowest BCUT2D eigenvalue weighted by atomic mass is 10.0. The highest BCUT2D eigenvalue weighted by Crippen LogP contribution is 2.19. The first-order chi connectivity index (χ1) is 13.0. The predicted octanol–water partition coefficient (Wildman–Crippen LogP) is 2.06. The van der Waals surface area contributed by atoms with Crippen molar-refractivity contribution in [1.82, 2.24) is 20.5 Å². The first-order valence-corrected chi connectivity index (χ1v) is 9.85. The van der Waals surface area contributed by atoms with Crippen molar-refractivity contribution in [2.24, 2.45) is 5.92 Å². The third kappa shape index (κ3) is 5.32. The minimum Gasteiger partial charge on any atom is -0.361 e. The summed E-state index contributed by atoms with van der Waals surface area (Å²) >= 11 is 0. The van der Waals surface area contributed by atoms with Gasteiger partial charge in [-0.2, -0.15) is 0 Å². The lowest BCUT2D eigenvalue weighted by Gasteiger charge is -2.22. The van der Waals surface area contributed by atoms with Gasteiger partial charge in [-0.1, -0.05) is 25.1 Å². The van der Waals surface area contributed by atoms with Crippen molar-refractivity contribution in [3.05, 3.63) is 36.0 Å². The van der Waals surface area contributed by atoms with E-state index >= 15 is 0 Å². The average Bonchev–Trinajstić information content (AvgIpc) is 3.29. The van der Waals surface area contributed by atoms with Gasteiger partial charge in [0.2, 0.25) is 11.8 Å².